The van der Waals surface area contributed by atoms with Crippen LogP contribution in [0, 0.1) is 0 Å². The van der Waals surface area contributed by atoms with Gasteiger partial charge in [-0.3, -0.25) is 0 Å². The van der Waals surface area contributed by atoms with Gasteiger partial charge in [0.25, 0.3) is 0 Å². The zero-order valence-electron chi connectivity index (χ0n) is 9.46. The molecule has 96 valence electrons. The van der Waals surface area contributed by atoms with Crippen molar-refractivity contribution < 1.29 is 29.1 Å². The summed E-state index contributed by atoms with van der Waals surface area (Å²) in [7, 11) is 0. The molecule has 4 unspecified atom stereocenters. The van der Waals surface area contributed by atoms with Crippen molar-refractivity contribution in [3.63, 3.8) is 0 Å². The smallest absolute Gasteiger partial charge is 0.234 e. The molecule has 1 N–H and O–H groups in total. The minimum absolute atomic E-state index is 0.100. The molecular formula is C11H16O6. The minimum atomic E-state index is -1.24. The summed E-state index contributed by atoms with van der Waals surface area (Å²) in [6, 6.07) is 0. The van der Waals surface area contributed by atoms with Gasteiger partial charge in [-0.1, -0.05) is 0 Å². The molecule has 6 heteroatoms. The first kappa shape index (κ1) is 10.7. The molecule has 0 aromatic carbocycles. The van der Waals surface area contributed by atoms with Crippen molar-refractivity contribution in [1.82, 2.24) is 0 Å². The third kappa shape index (κ3) is 1.89. The lowest BCUT2D eigenvalue weighted by Gasteiger charge is -2.52. The first-order valence-corrected chi connectivity index (χ1v) is 6.13. The molecule has 0 aromatic rings. The maximum absolute atomic E-state index is 10.5. The Balaban J connectivity index is 1.50. The molecule has 4 atom stereocenters. The maximum atomic E-state index is 10.5. The number of rotatable bonds is 6. The van der Waals surface area contributed by atoms with E-state index in [-0.39, 0.29) is 18.3 Å². The monoisotopic (exact) mass is 244 g/mol. The molecule has 0 bridgehead atoms. The Hall–Kier alpha value is -0.240. The Bertz CT molecular complexity index is 308. The fraction of sp³-hybridized carbons (Fsp3) is 1.00. The highest BCUT2D eigenvalue weighted by Gasteiger charge is 2.67. The van der Waals surface area contributed by atoms with E-state index < -0.39 is 11.4 Å². The summed E-state index contributed by atoms with van der Waals surface area (Å²) in [5, 5.41) is 10.5. The van der Waals surface area contributed by atoms with Gasteiger partial charge in [-0.2, -0.15) is 4.89 Å². The molecule has 4 fully saturated rings. The zero-order chi connectivity index (χ0) is 11.5. The molecule has 4 aliphatic rings. The van der Waals surface area contributed by atoms with E-state index >= 15 is 0 Å². The van der Waals surface area contributed by atoms with Crippen LogP contribution in [0.4, 0.5) is 0 Å². The van der Waals surface area contributed by atoms with Crippen molar-refractivity contribution >= 4 is 0 Å². The van der Waals surface area contributed by atoms with Gasteiger partial charge in [-0.25, -0.2) is 4.89 Å². The summed E-state index contributed by atoms with van der Waals surface area (Å²) in [5.74, 6) is -1.24. The molecule has 0 radical (unpaired) electrons. The number of ether oxygens (including phenoxy) is 3. The molecule has 0 aliphatic carbocycles. The highest BCUT2D eigenvalue weighted by molar-refractivity contribution is 5.06. The molecule has 17 heavy (non-hydrogen) atoms. The summed E-state index contributed by atoms with van der Waals surface area (Å²) in [6.45, 7) is 2.18. The average molecular weight is 244 g/mol. The summed E-state index contributed by atoms with van der Waals surface area (Å²) in [4.78, 5) is 10.3. The lowest BCUT2D eigenvalue weighted by molar-refractivity contribution is -0.610. The van der Waals surface area contributed by atoms with E-state index in [9.17, 15) is 5.11 Å². The van der Waals surface area contributed by atoms with Crippen molar-refractivity contribution in [1.29, 1.82) is 0 Å². The van der Waals surface area contributed by atoms with E-state index in [1.807, 2.05) is 0 Å². The topological polar surface area (TPSA) is 76.3 Å². The van der Waals surface area contributed by atoms with Gasteiger partial charge in [-0.15, -0.1) is 0 Å². The molecule has 0 amide bonds. The van der Waals surface area contributed by atoms with Crippen molar-refractivity contribution in [2.24, 2.45) is 0 Å². The number of hydrogen-bond donors (Lipinski definition) is 1. The Morgan fingerprint density at radius 1 is 0.824 bits per heavy atom. The lowest BCUT2D eigenvalue weighted by atomic mass is 9.80. The maximum Gasteiger partial charge on any atom is 0.234 e. The van der Waals surface area contributed by atoms with Gasteiger partial charge in [0.1, 0.15) is 0 Å². The fourth-order valence-electron chi connectivity index (χ4n) is 2.55. The van der Waals surface area contributed by atoms with Gasteiger partial charge in [0, 0.05) is 19.3 Å². The Morgan fingerprint density at radius 2 is 1.29 bits per heavy atom. The van der Waals surface area contributed by atoms with E-state index in [4.69, 9.17) is 24.0 Å². The zero-order valence-corrected chi connectivity index (χ0v) is 9.46. The molecule has 0 aromatic heterocycles. The average Bonchev–Trinajstić information content (AvgIpc) is 3.10. The van der Waals surface area contributed by atoms with Crippen molar-refractivity contribution in [3.8, 4) is 0 Å². The van der Waals surface area contributed by atoms with Crippen LogP contribution >= 0.6 is 0 Å². The van der Waals surface area contributed by atoms with Crippen molar-refractivity contribution in [2.45, 2.75) is 49.0 Å². The van der Waals surface area contributed by atoms with Crippen LogP contribution in [0.1, 0.15) is 19.3 Å². The van der Waals surface area contributed by atoms with E-state index in [2.05, 4.69) is 0 Å². The third-order valence-corrected chi connectivity index (χ3v) is 3.88. The normalized spacial score (nSPS) is 55.2. The highest BCUT2D eigenvalue weighted by Crippen LogP contribution is 2.51. The molecule has 0 spiro atoms. The van der Waals surface area contributed by atoms with E-state index in [0.29, 0.717) is 25.9 Å². The van der Waals surface area contributed by atoms with Crippen LogP contribution in [-0.4, -0.2) is 54.6 Å². The van der Waals surface area contributed by atoms with Gasteiger partial charge in [0.2, 0.25) is 5.79 Å². The predicted molar refractivity (Wildman–Crippen MR) is 52.9 cm³/mol. The largest absolute Gasteiger partial charge is 0.373 e. The second-order valence-electron chi connectivity index (χ2n) is 5.42. The van der Waals surface area contributed by atoms with Crippen LogP contribution in [0.2, 0.25) is 0 Å². The van der Waals surface area contributed by atoms with Gasteiger partial charge < -0.3 is 19.3 Å². The first-order valence-electron chi connectivity index (χ1n) is 6.13. The van der Waals surface area contributed by atoms with Crippen molar-refractivity contribution in [2.75, 3.05) is 19.8 Å². The number of aliphatic hydroxyl groups is 1. The van der Waals surface area contributed by atoms with E-state index in [1.165, 1.54) is 0 Å². The Kier molecular flexibility index (Phi) is 2.13. The SMILES string of the molecule is OC1(CC2CO2)OOC1(CC1CO1)CC1CO1. The van der Waals surface area contributed by atoms with E-state index in [0.717, 1.165) is 13.2 Å². The van der Waals surface area contributed by atoms with Gasteiger partial charge in [0.05, 0.1) is 38.1 Å². The van der Waals surface area contributed by atoms with Crippen molar-refractivity contribution in [3.05, 3.63) is 0 Å². The molecule has 4 rings (SSSR count). The molecule has 0 saturated carbocycles. The van der Waals surface area contributed by atoms with Crippen LogP contribution < -0.4 is 0 Å². The molecule has 6 nitrogen and oxygen atoms in total. The molecule has 4 heterocycles. The molecule has 4 aliphatic heterocycles. The summed E-state index contributed by atoms with van der Waals surface area (Å²) >= 11 is 0. The van der Waals surface area contributed by atoms with Crippen LogP contribution in [-0.2, 0) is 24.0 Å². The second kappa shape index (κ2) is 3.40. The summed E-state index contributed by atoms with van der Waals surface area (Å²) < 4.78 is 15.6. The minimum Gasteiger partial charge on any atom is -0.373 e. The predicted octanol–water partition coefficient (Wildman–Crippen LogP) is -0.258. The standard InChI is InChI=1S/C11H16O6/c12-11(3-9-6-15-9)10(16-17-11,1-7-4-13-7)2-8-5-14-8/h7-9,12H,1-6H2. The van der Waals surface area contributed by atoms with Gasteiger partial charge >= 0.3 is 0 Å². The summed E-state index contributed by atoms with van der Waals surface area (Å²) in [5.41, 5.74) is -0.679. The number of hydrogen-bond acceptors (Lipinski definition) is 6. The quantitative estimate of drug-likeness (QED) is 0.512. The van der Waals surface area contributed by atoms with Gasteiger partial charge in [0.15, 0.2) is 5.60 Å². The Morgan fingerprint density at radius 3 is 1.65 bits per heavy atom. The highest BCUT2D eigenvalue weighted by atomic mass is 17.3. The second-order valence-corrected chi connectivity index (χ2v) is 5.42. The van der Waals surface area contributed by atoms with Crippen LogP contribution in [0.3, 0.4) is 0 Å². The number of epoxide rings is 3. The lowest BCUT2D eigenvalue weighted by Crippen LogP contribution is -2.68. The Labute approximate surface area is 98.7 Å². The van der Waals surface area contributed by atoms with E-state index in [1.54, 1.807) is 0 Å². The molecular weight excluding hydrogens is 228 g/mol. The fourth-order valence-corrected chi connectivity index (χ4v) is 2.55. The van der Waals surface area contributed by atoms with Gasteiger partial charge in [-0.05, 0) is 0 Å². The van der Waals surface area contributed by atoms with Crippen LogP contribution in [0.5, 0.6) is 0 Å². The third-order valence-electron chi connectivity index (χ3n) is 3.88. The first-order chi connectivity index (χ1) is 8.19. The van der Waals surface area contributed by atoms with Crippen LogP contribution in [0.25, 0.3) is 0 Å². The van der Waals surface area contributed by atoms with Crippen LogP contribution in [0.15, 0.2) is 0 Å². The molecule has 4 saturated heterocycles. The summed E-state index contributed by atoms with van der Waals surface area (Å²) in [6.07, 6.45) is 2.26.